The molecule has 0 unspecified atom stereocenters. The van der Waals surface area contributed by atoms with Gasteiger partial charge in [-0.3, -0.25) is 14.9 Å². The molecular formula is C14H20N4O3S. The molecule has 0 aliphatic carbocycles. The summed E-state index contributed by atoms with van der Waals surface area (Å²) in [6.45, 7) is 5.35. The molecule has 1 rings (SSSR count). The van der Waals surface area contributed by atoms with Gasteiger partial charge in [0.2, 0.25) is 5.91 Å². The number of hydrogen-bond acceptors (Lipinski definition) is 4. The predicted molar refractivity (Wildman–Crippen MR) is 89.9 cm³/mol. The first kappa shape index (κ1) is 17.8. The molecule has 0 aromatic heterocycles. The molecule has 0 radical (unpaired) electrons. The van der Waals surface area contributed by atoms with E-state index in [1.807, 2.05) is 13.8 Å². The molecule has 0 heterocycles. The Balaban J connectivity index is 2.60. The van der Waals surface area contributed by atoms with Gasteiger partial charge in [-0.05, 0) is 38.2 Å². The summed E-state index contributed by atoms with van der Waals surface area (Å²) >= 11 is 5.23. The quantitative estimate of drug-likeness (QED) is 0.490. The summed E-state index contributed by atoms with van der Waals surface area (Å²) in [5.74, 6) is 0.000324. The Morgan fingerprint density at radius 1 is 1.27 bits per heavy atom. The molecule has 0 spiro atoms. The third kappa shape index (κ3) is 4.96. The zero-order chi connectivity index (χ0) is 16.7. The Morgan fingerprint density at radius 2 is 1.82 bits per heavy atom. The lowest BCUT2D eigenvalue weighted by molar-refractivity contribution is -0.384. The fraction of sp³-hybridized carbons (Fsp3) is 0.429. The van der Waals surface area contributed by atoms with Crippen molar-refractivity contribution >= 4 is 34.6 Å². The Labute approximate surface area is 135 Å². The van der Waals surface area contributed by atoms with Gasteiger partial charge >= 0.3 is 0 Å². The van der Waals surface area contributed by atoms with Crippen molar-refractivity contribution < 1.29 is 9.72 Å². The number of carbonyl (C=O) groups is 1. The molecular weight excluding hydrogens is 304 g/mol. The maximum atomic E-state index is 12.0. The maximum absolute atomic E-state index is 12.0. The molecule has 7 nitrogen and oxygen atoms in total. The molecule has 0 saturated carbocycles. The monoisotopic (exact) mass is 324 g/mol. The highest BCUT2D eigenvalue weighted by atomic mass is 32.1. The molecule has 8 heteroatoms. The number of likely N-dealkylation sites (N-methyl/N-ethyl adjacent to an activating group) is 2. The van der Waals surface area contributed by atoms with Crippen molar-refractivity contribution in [2.45, 2.75) is 13.8 Å². The lowest BCUT2D eigenvalue weighted by Gasteiger charge is -2.25. The summed E-state index contributed by atoms with van der Waals surface area (Å²) in [7, 11) is 1.72. The second kappa shape index (κ2) is 8.28. The van der Waals surface area contributed by atoms with Crippen LogP contribution in [-0.2, 0) is 4.79 Å². The SMILES string of the molecule is CCN(CC)C(=O)CN(C)C(=S)Nc1ccc([N+](=O)[O-])cc1. The predicted octanol–water partition coefficient (Wildman–Crippen LogP) is 2.09. The standard InChI is InChI=1S/C14H20N4O3S/c1-4-17(5-2)13(19)10-16(3)14(22)15-11-6-8-12(9-7-11)18(20)21/h6-9H,4-5,10H2,1-3H3,(H,15,22). The van der Waals surface area contributed by atoms with Gasteiger partial charge < -0.3 is 15.1 Å². The molecule has 120 valence electrons. The molecule has 1 aromatic rings. The van der Waals surface area contributed by atoms with Crippen LogP contribution in [0.4, 0.5) is 11.4 Å². The van der Waals surface area contributed by atoms with Crippen molar-refractivity contribution in [1.82, 2.24) is 9.80 Å². The largest absolute Gasteiger partial charge is 0.343 e. The average Bonchev–Trinajstić information content (AvgIpc) is 2.48. The van der Waals surface area contributed by atoms with Gasteiger partial charge in [0, 0.05) is 38.0 Å². The number of nitro groups is 1. The number of non-ortho nitro benzene ring substituents is 1. The van der Waals surface area contributed by atoms with Gasteiger partial charge in [0.05, 0.1) is 11.5 Å². The molecule has 0 bridgehead atoms. The number of nitrogens with one attached hydrogen (secondary N) is 1. The van der Waals surface area contributed by atoms with Gasteiger partial charge in [0.25, 0.3) is 5.69 Å². The second-order valence-electron chi connectivity index (χ2n) is 4.66. The number of nitro benzene ring substituents is 1. The zero-order valence-corrected chi connectivity index (χ0v) is 13.7. The maximum Gasteiger partial charge on any atom is 0.269 e. The molecule has 0 aliphatic heterocycles. The van der Waals surface area contributed by atoms with Crippen LogP contribution in [0.25, 0.3) is 0 Å². The topological polar surface area (TPSA) is 78.7 Å². The van der Waals surface area contributed by atoms with Crippen LogP contribution in [0.5, 0.6) is 0 Å². The van der Waals surface area contributed by atoms with Gasteiger partial charge in [-0.1, -0.05) is 0 Å². The van der Waals surface area contributed by atoms with Crippen molar-refractivity contribution in [3.63, 3.8) is 0 Å². The van der Waals surface area contributed by atoms with E-state index in [9.17, 15) is 14.9 Å². The molecule has 22 heavy (non-hydrogen) atoms. The Kier molecular flexibility index (Phi) is 6.71. The molecule has 1 aromatic carbocycles. The van der Waals surface area contributed by atoms with Crippen LogP contribution < -0.4 is 5.32 Å². The first-order valence-electron chi connectivity index (χ1n) is 6.93. The van der Waals surface area contributed by atoms with E-state index in [0.717, 1.165) is 0 Å². The molecule has 1 amide bonds. The molecule has 0 fully saturated rings. The zero-order valence-electron chi connectivity index (χ0n) is 12.9. The number of benzene rings is 1. The average molecular weight is 324 g/mol. The summed E-state index contributed by atoms with van der Waals surface area (Å²) in [5, 5.41) is 13.9. The lowest BCUT2D eigenvalue weighted by Crippen LogP contribution is -2.42. The third-order valence-electron chi connectivity index (χ3n) is 3.16. The smallest absolute Gasteiger partial charge is 0.269 e. The minimum absolute atomic E-state index is 0.000324. The number of nitrogens with zero attached hydrogens (tertiary/aromatic N) is 3. The Hall–Kier alpha value is -2.22. The van der Waals surface area contributed by atoms with Crippen LogP contribution in [0, 0.1) is 10.1 Å². The van der Waals surface area contributed by atoms with Crippen molar-refractivity contribution in [1.29, 1.82) is 0 Å². The fourth-order valence-electron chi connectivity index (χ4n) is 1.84. The van der Waals surface area contributed by atoms with Crippen LogP contribution >= 0.6 is 12.2 Å². The summed E-state index contributed by atoms with van der Waals surface area (Å²) in [4.78, 5) is 25.5. The molecule has 0 aliphatic rings. The first-order chi connectivity index (χ1) is 10.4. The lowest BCUT2D eigenvalue weighted by atomic mass is 10.3. The van der Waals surface area contributed by atoms with Crippen LogP contribution in [0.3, 0.4) is 0 Å². The highest BCUT2D eigenvalue weighted by Gasteiger charge is 2.14. The summed E-state index contributed by atoms with van der Waals surface area (Å²) in [5.41, 5.74) is 0.652. The minimum Gasteiger partial charge on any atom is -0.343 e. The van der Waals surface area contributed by atoms with Gasteiger partial charge in [-0.25, -0.2) is 0 Å². The van der Waals surface area contributed by atoms with Gasteiger partial charge in [-0.15, -0.1) is 0 Å². The Morgan fingerprint density at radius 3 is 2.27 bits per heavy atom. The first-order valence-corrected chi connectivity index (χ1v) is 7.34. The highest BCUT2D eigenvalue weighted by molar-refractivity contribution is 7.80. The van der Waals surface area contributed by atoms with E-state index in [1.165, 1.54) is 12.1 Å². The minimum atomic E-state index is -0.461. The number of anilines is 1. The van der Waals surface area contributed by atoms with Crippen LogP contribution in [-0.4, -0.2) is 52.4 Å². The van der Waals surface area contributed by atoms with Crippen LogP contribution in [0.15, 0.2) is 24.3 Å². The fourth-order valence-corrected chi connectivity index (χ4v) is 2.02. The van der Waals surface area contributed by atoms with E-state index in [2.05, 4.69) is 5.32 Å². The highest BCUT2D eigenvalue weighted by Crippen LogP contribution is 2.15. The molecule has 1 N–H and O–H groups in total. The van der Waals surface area contributed by atoms with Gasteiger partial charge in [0.15, 0.2) is 5.11 Å². The van der Waals surface area contributed by atoms with E-state index in [4.69, 9.17) is 12.2 Å². The van der Waals surface area contributed by atoms with Crippen molar-refractivity contribution in [3.8, 4) is 0 Å². The van der Waals surface area contributed by atoms with Crippen molar-refractivity contribution in [2.24, 2.45) is 0 Å². The van der Waals surface area contributed by atoms with Crippen molar-refractivity contribution in [2.75, 3.05) is 32.0 Å². The van der Waals surface area contributed by atoms with Crippen LogP contribution in [0.2, 0.25) is 0 Å². The van der Waals surface area contributed by atoms with E-state index in [1.54, 1.807) is 29.0 Å². The summed E-state index contributed by atoms with van der Waals surface area (Å²) in [6.07, 6.45) is 0. The van der Waals surface area contributed by atoms with Crippen LogP contribution in [0.1, 0.15) is 13.8 Å². The van der Waals surface area contributed by atoms with E-state index >= 15 is 0 Å². The molecule has 0 saturated heterocycles. The summed E-state index contributed by atoms with van der Waals surface area (Å²) in [6, 6.07) is 5.94. The normalized spacial score (nSPS) is 9.95. The molecule has 0 atom stereocenters. The van der Waals surface area contributed by atoms with Crippen molar-refractivity contribution in [3.05, 3.63) is 34.4 Å². The van der Waals surface area contributed by atoms with E-state index in [0.29, 0.717) is 23.9 Å². The third-order valence-corrected chi connectivity index (χ3v) is 3.58. The van der Waals surface area contributed by atoms with Gasteiger partial charge in [-0.2, -0.15) is 0 Å². The van der Waals surface area contributed by atoms with E-state index < -0.39 is 4.92 Å². The van der Waals surface area contributed by atoms with E-state index in [-0.39, 0.29) is 18.1 Å². The number of carbonyl (C=O) groups excluding carboxylic acids is 1. The Bertz CT molecular complexity index is 544. The summed E-state index contributed by atoms with van der Waals surface area (Å²) < 4.78 is 0. The second-order valence-corrected chi connectivity index (χ2v) is 5.04. The number of hydrogen-bond donors (Lipinski definition) is 1. The van der Waals surface area contributed by atoms with Gasteiger partial charge in [0.1, 0.15) is 0 Å². The number of rotatable bonds is 6. The number of amides is 1. The number of thiocarbonyl (C=S) groups is 1.